The molecule has 0 amide bonds. The number of rotatable bonds is 9. The maximum Gasteiger partial charge on any atom is 0.358 e. The number of benzene rings is 1. The molecule has 1 aromatic heterocycles. The fourth-order valence-corrected chi connectivity index (χ4v) is 3.22. The van der Waals surface area contributed by atoms with E-state index in [-0.39, 0.29) is 24.0 Å². The van der Waals surface area contributed by atoms with E-state index in [2.05, 4.69) is 15.0 Å². The zero-order valence-corrected chi connectivity index (χ0v) is 17.8. The van der Waals surface area contributed by atoms with Crippen LogP contribution in [-0.2, 0) is 27.5 Å². The first-order chi connectivity index (χ1) is 13.9. The summed E-state index contributed by atoms with van der Waals surface area (Å²) in [7, 11) is 1.25. The summed E-state index contributed by atoms with van der Waals surface area (Å²) in [6.45, 7) is 3.39. The van der Waals surface area contributed by atoms with Gasteiger partial charge in [-0.3, -0.25) is 4.57 Å². The van der Waals surface area contributed by atoms with Gasteiger partial charge in [-0.1, -0.05) is 47.6 Å². The Bertz CT molecular complexity index is 1000. The average Bonchev–Trinajstić information content (AvgIpc) is 2.69. The van der Waals surface area contributed by atoms with E-state index in [0.29, 0.717) is 10.8 Å². The number of carbonyl (C=O) groups is 1. The van der Waals surface area contributed by atoms with Gasteiger partial charge >= 0.3 is 17.3 Å². The standard InChI is InChI=1S/C18H21ClN4O5S/c1-4-28-15(24)14(21-27-3)11-22-16(25)20-17(29-5-2)23(18(22)26)10-12-6-8-13(19)9-7-12/h6-9H,4-5,10-11H2,1-3H3. The molecule has 0 spiro atoms. The number of hydrogen-bond acceptors (Lipinski definition) is 8. The van der Waals surface area contributed by atoms with Crippen molar-refractivity contribution in [3.8, 4) is 0 Å². The predicted molar refractivity (Wildman–Crippen MR) is 111 cm³/mol. The molecule has 2 rings (SSSR count). The molecule has 0 fully saturated rings. The minimum atomic E-state index is -0.786. The smallest absolute Gasteiger partial charge is 0.358 e. The Labute approximate surface area is 176 Å². The third-order valence-corrected chi connectivity index (χ3v) is 4.77. The van der Waals surface area contributed by atoms with Crippen LogP contribution in [-0.4, -0.2) is 45.3 Å². The van der Waals surface area contributed by atoms with Crippen LogP contribution < -0.4 is 11.4 Å². The van der Waals surface area contributed by atoms with Gasteiger partial charge in [0.2, 0.25) is 0 Å². The van der Waals surface area contributed by atoms with Gasteiger partial charge in [0.15, 0.2) is 10.9 Å². The summed E-state index contributed by atoms with van der Waals surface area (Å²) >= 11 is 7.19. The largest absolute Gasteiger partial charge is 0.461 e. The number of aromatic nitrogens is 3. The molecule has 156 valence electrons. The molecule has 0 bridgehead atoms. The van der Waals surface area contributed by atoms with Crippen molar-refractivity contribution in [2.75, 3.05) is 19.5 Å². The van der Waals surface area contributed by atoms with Gasteiger partial charge in [-0.25, -0.2) is 19.0 Å². The molecule has 0 aliphatic carbocycles. The van der Waals surface area contributed by atoms with Crippen molar-refractivity contribution in [1.29, 1.82) is 0 Å². The van der Waals surface area contributed by atoms with Gasteiger partial charge < -0.3 is 9.57 Å². The fraction of sp³-hybridized carbons (Fsp3) is 0.389. The Kier molecular flexibility index (Phi) is 8.47. The van der Waals surface area contributed by atoms with E-state index in [1.807, 2.05) is 6.92 Å². The number of oxime groups is 1. The number of esters is 1. The maximum atomic E-state index is 13.1. The van der Waals surface area contributed by atoms with Gasteiger partial charge in [-0.15, -0.1) is 0 Å². The zero-order chi connectivity index (χ0) is 21.4. The molecular formula is C18H21ClN4O5S. The topological polar surface area (TPSA) is 105 Å². The first kappa shape index (κ1) is 22.7. The molecule has 29 heavy (non-hydrogen) atoms. The molecule has 0 aliphatic heterocycles. The molecule has 2 aromatic rings. The molecule has 0 saturated heterocycles. The summed E-state index contributed by atoms with van der Waals surface area (Å²) in [6, 6.07) is 6.98. The van der Waals surface area contributed by atoms with E-state index in [1.54, 1.807) is 31.2 Å². The quantitative estimate of drug-likeness (QED) is 0.253. The summed E-state index contributed by atoms with van der Waals surface area (Å²) < 4.78 is 7.09. The van der Waals surface area contributed by atoms with E-state index in [1.165, 1.54) is 23.4 Å². The van der Waals surface area contributed by atoms with E-state index in [9.17, 15) is 14.4 Å². The normalized spacial score (nSPS) is 11.4. The minimum Gasteiger partial charge on any atom is -0.461 e. The third-order valence-electron chi connectivity index (χ3n) is 3.66. The number of hydrogen-bond donors (Lipinski definition) is 0. The predicted octanol–water partition coefficient (Wildman–Crippen LogP) is 1.78. The van der Waals surface area contributed by atoms with Crippen molar-refractivity contribution in [3.05, 3.63) is 55.8 Å². The average molecular weight is 441 g/mol. The first-order valence-electron chi connectivity index (χ1n) is 8.77. The van der Waals surface area contributed by atoms with Crippen LogP contribution in [0.1, 0.15) is 19.4 Å². The zero-order valence-electron chi connectivity index (χ0n) is 16.3. The van der Waals surface area contributed by atoms with Gasteiger partial charge in [-0.05, 0) is 30.4 Å². The van der Waals surface area contributed by atoms with Crippen LogP contribution in [0.5, 0.6) is 0 Å². The van der Waals surface area contributed by atoms with Gasteiger partial charge in [-0.2, -0.15) is 4.98 Å². The summed E-state index contributed by atoms with van der Waals surface area (Å²) in [5, 5.41) is 4.45. The number of halogens is 1. The Hall–Kier alpha value is -2.59. The van der Waals surface area contributed by atoms with Gasteiger partial charge in [0, 0.05) is 5.02 Å². The molecule has 9 nitrogen and oxygen atoms in total. The fourth-order valence-electron chi connectivity index (χ4n) is 2.40. The monoisotopic (exact) mass is 440 g/mol. The lowest BCUT2D eigenvalue weighted by atomic mass is 10.2. The summed E-state index contributed by atoms with van der Waals surface area (Å²) in [4.78, 5) is 46.2. The second-order valence-corrected chi connectivity index (χ2v) is 7.30. The van der Waals surface area contributed by atoms with Crippen LogP contribution in [0.3, 0.4) is 0 Å². The van der Waals surface area contributed by atoms with Crippen molar-refractivity contribution < 1.29 is 14.4 Å². The van der Waals surface area contributed by atoms with Gasteiger partial charge in [0.05, 0.1) is 19.7 Å². The van der Waals surface area contributed by atoms with Crippen molar-refractivity contribution in [1.82, 2.24) is 14.1 Å². The van der Waals surface area contributed by atoms with Crippen molar-refractivity contribution in [2.45, 2.75) is 32.1 Å². The summed E-state index contributed by atoms with van der Waals surface area (Å²) in [5.41, 5.74) is -0.822. The molecule has 0 N–H and O–H groups in total. The number of nitrogens with zero attached hydrogens (tertiary/aromatic N) is 4. The Morgan fingerprint density at radius 3 is 2.48 bits per heavy atom. The molecule has 0 aliphatic rings. The SMILES string of the molecule is CCOC(=O)C(Cn1c(=O)nc(SCC)n(Cc2ccc(Cl)cc2)c1=O)=NOC. The Balaban J connectivity index is 2.51. The van der Waals surface area contributed by atoms with Crippen LogP contribution in [0.4, 0.5) is 0 Å². The van der Waals surface area contributed by atoms with Crippen LogP contribution in [0.25, 0.3) is 0 Å². The highest BCUT2D eigenvalue weighted by Crippen LogP contribution is 2.15. The Morgan fingerprint density at radius 1 is 1.21 bits per heavy atom. The second kappa shape index (κ2) is 10.8. The minimum absolute atomic E-state index is 0.113. The van der Waals surface area contributed by atoms with Crippen LogP contribution in [0.15, 0.2) is 44.2 Å². The van der Waals surface area contributed by atoms with Crippen molar-refractivity contribution in [3.63, 3.8) is 0 Å². The maximum absolute atomic E-state index is 13.1. The van der Waals surface area contributed by atoms with Crippen molar-refractivity contribution >= 4 is 35.0 Å². The van der Waals surface area contributed by atoms with Crippen molar-refractivity contribution in [2.24, 2.45) is 5.16 Å². The highest BCUT2D eigenvalue weighted by molar-refractivity contribution is 7.99. The lowest BCUT2D eigenvalue weighted by Gasteiger charge is -2.14. The lowest BCUT2D eigenvalue weighted by Crippen LogP contribution is -2.45. The molecule has 0 unspecified atom stereocenters. The second-order valence-electron chi connectivity index (χ2n) is 5.63. The number of carbonyl (C=O) groups excluding carboxylic acids is 1. The van der Waals surface area contributed by atoms with Crippen LogP contribution >= 0.6 is 23.4 Å². The van der Waals surface area contributed by atoms with E-state index < -0.39 is 23.9 Å². The lowest BCUT2D eigenvalue weighted by molar-refractivity contribution is -0.135. The van der Waals surface area contributed by atoms with E-state index in [4.69, 9.17) is 16.3 Å². The van der Waals surface area contributed by atoms with E-state index >= 15 is 0 Å². The van der Waals surface area contributed by atoms with Crippen LogP contribution in [0.2, 0.25) is 5.02 Å². The molecular weight excluding hydrogens is 420 g/mol. The third kappa shape index (κ3) is 5.94. The van der Waals surface area contributed by atoms with Crippen LogP contribution in [0, 0.1) is 0 Å². The van der Waals surface area contributed by atoms with Gasteiger partial charge in [0.25, 0.3) is 0 Å². The summed E-state index contributed by atoms with van der Waals surface area (Å²) in [6.07, 6.45) is 0. The molecule has 1 heterocycles. The molecule has 1 aromatic carbocycles. The molecule has 0 saturated carbocycles. The molecule has 0 radical (unpaired) electrons. The van der Waals surface area contributed by atoms with Gasteiger partial charge in [0.1, 0.15) is 7.11 Å². The number of ether oxygens (including phenoxy) is 1. The highest BCUT2D eigenvalue weighted by Gasteiger charge is 2.20. The summed E-state index contributed by atoms with van der Waals surface area (Å²) in [5.74, 6) is -0.160. The first-order valence-corrected chi connectivity index (χ1v) is 10.1. The molecule has 11 heteroatoms. The number of thioether (sulfide) groups is 1. The Morgan fingerprint density at radius 2 is 1.90 bits per heavy atom. The van der Waals surface area contributed by atoms with E-state index in [0.717, 1.165) is 10.1 Å². The highest BCUT2D eigenvalue weighted by atomic mass is 35.5. The molecule has 0 atom stereocenters.